The Morgan fingerprint density at radius 1 is 1.03 bits per heavy atom. The summed E-state index contributed by atoms with van der Waals surface area (Å²) in [6.07, 6.45) is 2.23. The van der Waals surface area contributed by atoms with Crippen LogP contribution < -0.4 is 0 Å². The minimum absolute atomic E-state index is 0.0180. The molecule has 3 heterocycles. The molecule has 0 saturated carbocycles. The monoisotopic (exact) mass is 501 g/mol. The summed E-state index contributed by atoms with van der Waals surface area (Å²) < 4.78 is 7.76. The molecule has 0 radical (unpaired) electrons. The third-order valence-corrected chi connectivity index (χ3v) is 7.22. The molecular weight excluding hydrogens is 466 g/mol. The van der Waals surface area contributed by atoms with E-state index in [1.165, 1.54) is 10.9 Å². The van der Waals surface area contributed by atoms with E-state index in [1.807, 2.05) is 52.0 Å². The standard InChI is InChI=1S/C30H35N3O4/c1-5-16-31-19-27(34)33-18-26-23(14-15-25(33)28(31)35)22-8-6-7-9-24(22)32(26)17-20-10-12-21(13-11-20)29(36)37-30(2,3)4/h6-13,25H,5,14-19H2,1-4H3. The van der Waals surface area contributed by atoms with Crippen LogP contribution >= 0.6 is 0 Å². The van der Waals surface area contributed by atoms with Gasteiger partial charge in [-0.2, -0.15) is 0 Å². The predicted molar refractivity (Wildman–Crippen MR) is 142 cm³/mol. The van der Waals surface area contributed by atoms with Gasteiger partial charge in [-0.3, -0.25) is 9.59 Å². The normalized spacial score (nSPS) is 18.0. The first kappa shape index (κ1) is 25.1. The Morgan fingerprint density at radius 2 is 1.76 bits per heavy atom. The highest BCUT2D eigenvalue weighted by molar-refractivity contribution is 5.95. The lowest BCUT2D eigenvalue weighted by atomic mass is 10.0. The molecule has 1 fully saturated rings. The van der Waals surface area contributed by atoms with Crippen LogP contribution in [0.4, 0.5) is 0 Å². The van der Waals surface area contributed by atoms with Crippen LogP contribution in [-0.4, -0.2) is 56.9 Å². The molecule has 2 aliphatic heterocycles. The van der Waals surface area contributed by atoms with E-state index in [1.54, 1.807) is 21.9 Å². The SMILES string of the molecule is CCCN1CC(=O)N2Cc3c(c4ccccc4n3Cc3ccc(C(=O)OC(C)(C)C)cc3)CCC2C1=O. The van der Waals surface area contributed by atoms with Crippen LogP contribution in [0.15, 0.2) is 48.5 Å². The van der Waals surface area contributed by atoms with Crippen LogP contribution in [-0.2, 0) is 33.8 Å². The zero-order valence-electron chi connectivity index (χ0n) is 22.1. The highest BCUT2D eigenvalue weighted by Crippen LogP contribution is 2.34. The summed E-state index contributed by atoms with van der Waals surface area (Å²) in [6.45, 7) is 9.41. The molecule has 0 spiro atoms. The van der Waals surface area contributed by atoms with Gasteiger partial charge in [0.05, 0.1) is 18.7 Å². The van der Waals surface area contributed by atoms with Gasteiger partial charge >= 0.3 is 5.97 Å². The maximum atomic E-state index is 13.2. The number of amides is 2. The van der Waals surface area contributed by atoms with Gasteiger partial charge in [-0.15, -0.1) is 0 Å². The van der Waals surface area contributed by atoms with Gasteiger partial charge in [0.15, 0.2) is 0 Å². The van der Waals surface area contributed by atoms with E-state index < -0.39 is 11.6 Å². The number of aromatic nitrogens is 1. The Balaban J connectivity index is 1.47. The van der Waals surface area contributed by atoms with Crippen molar-refractivity contribution in [2.75, 3.05) is 13.1 Å². The number of hydrogen-bond acceptors (Lipinski definition) is 4. The van der Waals surface area contributed by atoms with Crippen molar-refractivity contribution in [1.29, 1.82) is 0 Å². The minimum atomic E-state index is -0.546. The van der Waals surface area contributed by atoms with Gasteiger partial charge in [-0.25, -0.2) is 4.79 Å². The number of para-hydroxylation sites is 1. The molecule has 7 nitrogen and oxygen atoms in total. The highest BCUT2D eigenvalue weighted by Gasteiger charge is 2.41. The molecule has 1 atom stereocenters. The summed E-state index contributed by atoms with van der Waals surface area (Å²) in [7, 11) is 0. The van der Waals surface area contributed by atoms with Gasteiger partial charge < -0.3 is 19.1 Å². The van der Waals surface area contributed by atoms with Crippen LogP contribution in [0.25, 0.3) is 10.9 Å². The van der Waals surface area contributed by atoms with Crippen molar-refractivity contribution in [1.82, 2.24) is 14.4 Å². The Kier molecular flexibility index (Phi) is 6.56. The van der Waals surface area contributed by atoms with Crippen molar-refractivity contribution in [3.8, 4) is 0 Å². The average Bonchev–Trinajstić information content (AvgIpc) is 2.99. The molecule has 1 saturated heterocycles. The summed E-state index contributed by atoms with van der Waals surface area (Å²) in [4.78, 5) is 42.4. The Bertz CT molecular complexity index is 1350. The maximum absolute atomic E-state index is 13.2. The molecule has 37 heavy (non-hydrogen) atoms. The number of rotatable bonds is 5. The van der Waals surface area contributed by atoms with E-state index >= 15 is 0 Å². The highest BCUT2D eigenvalue weighted by atomic mass is 16.6. The largest absolute Gasteiger partial charge is 0.456 e. The van der Waals surface area contributed by atoms with E-state index in [0.717, 1.165) is 29.6 Å². The molecule has 2 aliphatic rings. The molecule has 2 aromatic carbocycles. The number of piperazine rings is 1. The van der Waals surface area contributed by atoms with Crippen molar-refractivity contribution in [3.63, 3.8) is 0 Å². The van der Waals surface area contributed by atoms with E-state index in [0.29, 0.717) is 31.6 Å². The van der Waals surface area contributed by atoms with Gasteiger partial charge in [0, 0.05) is 29.7 Å². The fourth-order valence-corrected chi connectivity index (χ4v) is 5.56. The molecule has 5 rings (SSSR count). The summed E-state index contributed by atoms with van der Waals surface area (Å²) in [5, 5.41) is 1.17. The molecule has 3 aromatic rings. The minimum Gasteiger partial charge on any atom is -0.456 e. The molecule has 0 aliphatic carbocycles. The number of ether oxygens (including phenoxy) is 1. The fourth-order valence-electron chi connectivity index (χ4n) is 5.56. The lowest BCUT2D eigenvalue weighted by Crippen LogP contribution is -2.59. The van der Waals surface area contributed by atoms with Gasteiger partial charge in [0.1, 0.15) is 11.6 Å². The number of carbonyl (C=O) groups is 3. The number of carbonyl (C=O) groups excluding carboxylic acids is 3. The smallest absolute Gasteiger partial charge is 0.338 e. The fraction of sp³-hybridized carbons (Fsp3) is 0.433. The van der Waals surface area contributed by atoms with Crippen LogP contribution in [0.1, 0.15) is 67.7 Å². The molecule has 0 N–H and O–H groups in total. The Morgan fingerprint density at radius 3 is 2.46 bits per heavy atom. The van der Waals surface area contributed by atoms with Crippen LogP contribution in [0.2, 0.25) is 0 Å². The second kappa shape index (κ2) is 9.69. The summed E-state index contributed by atoms with van der Waals surface area (Å²) in [6, 6.07) is 15.4. The first-order chi connectivity index (χ1) is 17.7. The molecule has 7 heteroatoms. The molecule has 1 aromatic heterocycles. The number of benzene rings is 2. The summed E-state index contributed by atoms with van der Waals surface area (Å²) >= 11 is 0. The van der Waals surface area contributed by atoms with E-state index in [9.17, 15) is 14.4 Å². The zero-order chi connectivity index (χ0) is 26.3. The number of esters is 1. The summed E-state index contributed by atoms with van der Waals surface area (Å²) in [5.74, 6) is -0.250. The van der Waals surface area contributed by atoms with E-state index in [4.69, 9.17) is 4.74 Å². The first-order valence-electron chi connectivity index (χ1n) is 13.2. The van der Waals surface area contributed by atoms with Crippen molar-refractivity contribution >= 4 is 28.7 Å². The Hall–Kier alpha value is -3.61. The van der Waals surface area contributed by atoms with Crippen LogP contribution in [0.3, 0.4) is 0 Å². The molecule has 194 valence electrons. The van der Waals surface area contributed by atoms with Gasteiger partial charge in [-0.1, -0.05) is 37.3 Å². The molecule has 1 unspecified atom stereocenters. The quantitative estimate of drug-likeness (QED) is 0.481. The van der Waals surface area contributed by atoms with Crippen molar-refractivity contribution < 1.29 is 19.1 Å². The summed E-state index contributed by atoms with van der Waals surface area (Å²) in [5.41, 5.74) is 4.45. The molecule has 2 amide bonds. The second-order valence-electron chi connectivity index (χ2n) is 11.1. The Labute approximate surface area is 218 Å². The van der Waals surface area contributed by atoms with E-state index in [2.05, 4.69) is 16.7 Å². The predicted octanol–water partition coefficient (Wildman–Crippen LogP) is 4.54. The van der Waals surface area contributed by atoms with Crippen molar-refractivity contribution in [2.45, 2.75) is 71.7 Å². The lowest BCUT2D eigenvalue weighted by molar-refractivity contribution is -0.156. The second-order valence-corrected chi connectivity index (χ2v) is 11.1. The number of fused-ring (bicyclic) bond motifs is 4. The maximum Gasteiger partial charge on any atom is 0.338 e. The van der Waals surface area contributed by atoms with Gasteiger partial charge in [0.2, 0.25) is 11.8 Å². The number of nitrogens with zero attached hydrogens (tertiary/aromatic N) is 3. The number of aryl methyl sites for hydroxylation is 1. The van der Waals surface area contributed by atoms with Crippen molar-refractivity contribution in [2.24, 2.45) is 0 Å². The third-order valence-electron chi connectivity index (χ3n) is 7.22. The number of hydrogen-bond donors (Lipinski definition) is 0. The van der Waals surface area contributed by atoms with Crippen LogP contribution in [0, 0.1) is 0 Å². The topological polar surface area (TPSA) is 71.8 Å². The molecular formula is C30H35N3O4. The zero-order valence-corrected chi connectivity index (χ0v) is 22.1. The lowest BCUT2D eigenvalue weighted by Gasteiger charge is -2.39. The van der Waals surface area contributed by atoms with Crippen molar-refractivity contribution in [3.05, 3.63) is 70.9 Å². The van der Waals surface area contributed by atoms with E-state index in [-0.39, 0.29) is 24.3 Å². The molecule has 0 bridgehead atoms. The third kappa shape index (κ3) is 4.87. The van der Waals surface area contributed by atoms with Gasteiger partial charge in [-0.05, 0) is 69.4 Å². The van der Waals surface area contributed by atoms with Gasteiger partial charge in [0.25, 0.3) is 0 Å². The first-order valence-corrected chi connectivity index (χ1v) is 13.2. The average molecular weight is 502 g/mol. The van der Waals surface area contributed by atoms with Crippen LogP contribution in [0.5, 0.6) is 0 Å².